The van der Waals surface area contributed by atoms with Gasteiger partial charge in [0.15, 0.2) is 11.6 Å². The molecule has 4 nitrogen and oxygen atoms in total. The summed E-state index contributed by atoms with van der Waals surface area (Å²) < 4.78 is 32.9. The second kappa shape index (κ2) is 4.93. The fourth-order valence-electron chi connectivity index (χ4n) is 1.69. The number of aryl methyl sites for hydroxylation is 2. The molecule has 0 aliphatic carbocycles. The largest absolute Gasteiger partial charge is 0.438 e. The first-order valence-corrected chi connectivity index (χ1v) is 5.77. The van der Waals surface area contributed by atoms with Gasteiger partial charge in [0, 0.05) is 13.1 Å². The van der Waals surface area contributed by atoms with E-state index >= 15 is 0 Å². The molecule has 19 heavy (non-hydrogen) atoms. The number of halogens is 2. The molecule has 0 radical (unpaired) electrons. The Morgan fingerprint density at radius 2 is 2.05 bits per heavy atom. The maximum absolute atomic E-state index is 13.1. The first-order chi connectivity index (χ1) is 8.90. The maximum Gasteiger partial charge on any atom is 0.228 e. The molecular weight excluding hydrogens is 272 g/mol. The smallest absolute Gasteiger partial charge is 0.228 e. The zero-order chi connectivity index (χ0) is 14.2. The van der Waals surface area contributed by atoms with Crippen molar-refractivity contribution in [3.8, 4) is 11.6 Å². The highest BCUT2D eigenvalue weighted by Crippen LogP contribution is 2.27. The van der Waals surface area contributed by atoms with Gasteiger partial charge in [-0.05, 0) is 19.1 Å². The minimum Gasteiger partial charge on any atom is -0.438 e. The van der Waals surface area contributed by atoms with Gasteiger partial charge in [0.05, 0.1) is 11.3 Å². The van der Waals surface area contributed by atoms with Crippen molar-refractivity contribution >= 4 is 17.2 Å². The molecule has 0 saturated carbocycles. The third-order valence-electron chi connectivity index (χ3n) is 2.52. The third kappa shape index (κ3) is 2.55. The highest BCUT2D eigenvalue weighted by atomic mass is 32.1. The van der Waals surface area contributed by atoms with Crippen molar-refractivity contribution in [1.82, 2.24) is 9.78 Å². The van der Waals surface area contributed by atoms with E-state index in [4.69, 9.17) is 22.7 Å². The van der Waals surface area contributed by atoms with Crippen LogP contribution in [0.5, 0.6) is 11.6 Å². The molecule has 0 aliphatic rings. The summed E-state index contributed by atoms with van der Waals surface area (Å²) in [6, 6.07) is 3.24. The van der Waals surface area contributed by atoms with Crippen LogP contribution in [0.1, 0.15) is 11.3 Å². The molecule has 0 fully saturated rings. The van der Waals surface area contributed by atoms with Gasteiger partial charge in [-0.3, -0.25) is 0 Å². The highest BCUT2D eigenvalue weighted by Gasteiger charge is 2.18. The van der Waals surface area contributed by atoms with Gasteiger partial charge in [-0.25, -0.2) is 13.5 Å². The van der Waals surface area contributed by atoms with Crippen LogP contribution in [0.25, 0.3) is 0 Å². The lowest BCUT2D eigenvalue weighted by molar-refractivity contribution is 0.421. The Hall–Kier alpha value is -2.02. The minimum atomic E-state index is -0.992. The Morgan fingerprint density at radius 1 is 1.37 bits per heavy atom. The van der Waals surface area contributed by atoms with E-state index in [9.17, 15) is 8.78 Å². The summed E-state index contributed by atoms with van der Waals surface area (Å²) in [4.78, 5) is 0.128. The van der Waals surface area contributed by atoms with E-state index in [0.717, 1.165) is 12.1 Å². The fraction of sp³-hybridized carbons (Fsp3) is 0.167. The summed E-state index contributed by atoms with van der Waals surface area (Å²) in [7, 11) is 1.64. The summed E-state index contributed by atoms with van der Waals surface area (Å²) in [6.45, 7) is 1.73. The maximum atomic E-state index is 13.1. The fourth-order valence-corrected chi connectivity index (χ4v) is 1.92. The summed E-state index contributed by atoms with van der Waals surface area (Å²) in [6.07, 6.45) is 0. The molecule has 0 bridgehead atoms. The second-order valence-corrected chi connectivity index (χ2v) is 4.37. The molecule has 0 amide bonds. The molecule has 1 heterocycles. The number of benzene rings is 1. The van der Waals surface area contributed by atoms with Gasteiger partial charge in [0.2, 0.25) is 5.88 Å². The SMILES string of the molecule is Cc1nn(C)c(Oc2ccc(F)c(F)c2)c1C(N)=S. The molecule has 7 heteroatoms. The van der Waals surface area contributed by atoms with Crippen molar-refractivity contribution in [2.75, 3.05) is 0 Å². The molecule has 2 N–H and O–H groups in total. The first kappa shape index (κ1) is 13.4. The second-order valence-electron chi connectivity index (χ2n) is 3.93. The minimum absolute atomic E-state index is 0.128. The van der Waals surface area contributed by atoms with Gasteiger partial charge >= 0.3 is 0 Å². The number of hydrogen-bond donors (Lipinski definition) is 1. The molecule has 2 rings (SSSR count). The van der Waals surface area contributed by atoms with E-state index in [0.29, 0.717) is 11.3 Å². The number of nitrogens with zero attached hydrogens (tertiary/aromatic N) is 2. The lowest BCUT2D eigenvalue weighted by atomic mass is 10.2. The van der Waals surface area contributed by atoms with Crippen LogP contribution in [-0.2, 0) is 7.05 Å². The zero-order valence-electron chi connectivity index (χ0n) is 10.3. The van der Waals surface area contributed by atoms with Crippen LogP contribution in [0, 0.1) is 18.6 Å². The number of ether oxygens (including phenoxy) is 1. The Balaban J connectivity index is 2.43. The van der Waals surface area contributed by atoms with Gasteiger partial charge in [0.25, 0.3) is 0 Å². The van der Waals surface area contributed by atoms with E-state index in [-0.39, 0.29) is 16.6 Å². The van der Waals surface area contributed by atoms with Gasteiger partial charge in [0.1, 0.15) is 10.7 Å². The van der Waals surface area contributed by atoms with E-state index in [1.807, 2.05) is 0 Å². The molecule has 0 spiro atoms. The molecule has 0 saturated heterocycles. The van der Waals surface area contributed by atoms with Crippen LogP contribution in [0.3, 0.4) is 0 Å². The average Bonchev–Trinajstić information content (AvgIpc) is 2.59. The molecule has 0 atom stereocenters. The topological polar surface area (TPSA) is 53.1 Å². The normalized spacial score (nSPS) is 10.5. The number of nitrogens with two attached hydrogens (primary N) is 1. The van der Waals surface area contributed by atoms with Crippen molar-refractivity contribution in [2.45, 2.75) is 6.92 Å². The summed E-state index contributed by atoms with van der Waals surface area (Å²) in [5.74, 6) is -1.51. The van der Waals surface area contributed by atoms with Gasteiger partial charge in [-0.15, -0.1) is 0 Å². The van der Waals surface area contributed by atoms with Gasteiger partial charge in [-0.2, -0.15) is 5.10 Å². The number of thiocarbonyl (C=S) groups is 1. The van der Waals surface area contributed by atoms with Crippen LogP contribution in [-0.4, -0.2) is 14.8 Å². The summed E-state index contributed by atoms with van der Waals surface area (Å²) >= 11 is 4.92. The zero-order valence-corrected chi connectivity index (χ0v) is 11.1. The number of rotatable bonds is 3. The standard InChI is InChI=1S/C12H11F2N3OS/c1-6-10(11(15)19)12(17(2)16-6)18-7-3-4-8(13)9(14)5-7/h3-5H,1-2H3,(H2,15,19). The van der Waals surface area contributed by atoms with Crippen molar-refractivity contribution in [3.63, 3.8) is 0 Å². The lowest BCUT2D eigenvalue weighted by Gasteiger charge is -2.08. The van der Waals surface area contributed by atoms with Gasteiger partial charge < -0.3 is 10.5 Å². The number of hydrogen-bond acceptors (Lipinski definition) is 3. The van der Waals surface area contributed by atoms with E-state index in [1.165, 1.54) is 10.7 Å². The van der Waals surface area contributed by atoms with E-state index in [2.05, 4.69) is 5.10 Å². The number of aromatic nitrogens is 2. The average molecular weight is 283 g/mol. The predicted octanol–water partition coefficient (Wildman–Crippen LogP) is 2.43. The Kier molecular flexibility index (Phi) is 3.48. The van der Waals surface area contributed by atoms with Crippen LogP contribution in [0.2, 0.25) is 0 Å². The van der Waals surface area contributed by atoms with E-state index < -0.39 is 11.6 Å². The van der Waals surface area contributed by atoms with Crippen molar-refractivity contribution in [3.05, 3.63) is 41.1 Å². The molecular formula is C12H11F2N3OS. The molecule has 2 aromatic rings. The van der Waals surface area contributed by atoms with Gasteiger partial charge in [-0.1, -0.05) is 12.2 Å². The third-order valence-corrected chi connectivity index (χ3v) is 2.73. The quantitative estimate of drug-likeness (QED) is 0.879. The van der Waals surface area contributed by atoms with Crippen molar-refractivity contribution in [1.29, 1.82) is 0 Å². The molecule has 0 aliphatic heterocycles. The monoisotopic (exact) mass is 283 g/mol. The molecule has 0 unspecified atom stereocenters. The first-order valence-electron chi connectivity index (χ1n) is 5.36. The van der Waals surface area contributed by atoms with Crippen LogP contribution >= 0.6 is 12.2 Å². The Bertz CT molecular complexity index is 655. The van der Waals surface area contributed by atoms with Crippen LogP contribution in [0.4, 0.5) is 8.78 Å². The van der Waals surface area contributed by atoms with Crippen LogP contribution < -0.4 is 10.5 Å². The van der Waals surface area contributed by atoms with E-state index in [1.54, 1.807) is 14.0 Å². The Labute approximate surface area is 113 Å². The lowest BCUT2D eigenvalue weighted by Crippen LogP contribution is -2.11. The predicted molar refractivity (Wildman–Crippen MR) is 70.3 cm³/mol. The molecule has 1 aromatic heterocycles. The highest BCUT2D eigenvalue weighted by molar-refractivity contribution is 7.80. The van der Waals surface area contributed by atoms with Crippen molar-refractivity contribution in [2.24, 2.45) is 12.8 Å². The molecule has 100 valence electrons. The Morgan fingerprint density at radius 3 is 2.63 bits per heavy atom. The molecule has 1 aromatic carbocycles. The summed E-state index contributed by atoms with van der Waals surface area (Å²) in [5.41, 5.74) is 6.68. The van der Waals surface area contributed by atoms with Crippen molar-refractivity contribution < 1.29 is 13.5 Å². The van der Waals surface area contributed by atoms with Crippen LogP contribution in [0.15, 0.2) is 18.2 Å². The summed E-state index contributed by atoms with van der Waals surface area (Å²) in [5, 5.41) is 4.12.